The summed E-state index contributed by atoms with van der Waals surface area (Å²) in [6.07, 6.45) is 1.02. The lowest BCUT2D eigenvalue weighted by atomic mass is 9.85. The highest BCUT2D eigenvalue weighted by atomic mass is 19.1. The molecule has 2 aliphatic rings. The van der Waals surface area contributed by atoms with Crippen LogP contribution in [0.5, 0.6) is 5.75 Å². The number of aromatic nitrogens is 2. The number of hydrazine groups is 1. The van der Waals surface area contributed by atoms with Crippen LogP contribution < -0.4 is 5.43 Å². The number of fused-ring (bicyclic) bond motifs is 3. The van der Waals surface area contributed by atoms with Crippen LogP contribution in [-0.4, -0.2) is 44.4 Å². The molecule has 1 N–H and O–H groups in total. The molecule has 1 aromatic heterocycles. The fraction of sp³-hybridized carbons (Fsp3) is 0.292. The molecule has 1 atom stereocenters. The zero-order chi connectivity index (χ0) is 22.6. The first-order chi connectivity index (χ1) is 15.4. The van der Waals surface area contributed by atoms with Crippen molar-refractivity contribution in [3.8, 4) is 5.75 Å². The predicted octanol–water partition coefficient (Wildman–Crippen LogP) is 2.84. The Bertz CT molecular complexity index is 1240. The van der Waals surface area contributed by atoms with Gasteiger partial charge in [-0.05, 0) is 42.0 Å². The normalized spacial score (nSPS) is 18.7. The third-order valence-corrected chi connectivity index (χ3v) is 6.54. The molecule has 0 saturated heterocycles. The minimum Gasteiger partial charge on any atom is -0.502 e. The molecule has 0 bridgehead atoms. The van der Waals surface area contributed by atoms with Crippen molar-refractivity contribution >= 4 is 5.91 Å². The van der Waals surface area contributed by atoms with E-state index in [1.807, 2.05) is 43.3 Å². The molecule has 0 unspecified atom stereocenters. The number of halogens is 1. The number of rotatable bonds is 2. The van der Waals surface area contributed by atoms with Crippen molar-refractivity contribution < 1.29 is 14.3 Å². The first kappa shape index (κ1) is 20.4. The zero-order valence-electron chi connectivity index (χ0n) is 17.8. The second-order valence-corrected chi connectivity index (χ2v) is 8.15. The van der Waals surface area contributed by atoms with E-state index in [-0.39, 0.29) is 11.6 Å². The zero-order valence-corrected chi connectivity index (χ0v) is 17.8. The minimum atomic E-state index is -1.34. The van der Waals surface area contributed by atoms with Crippen LogP contribution in [0.15, 0.2) is 53.3 Å². The van der Waals surface area contributed by atoms with Crippen LogP contribution in [-0.2, 0) is 12.8 Å². The predicted molar refractivity (Wildman–Crippen MR) is 116 cm³/mol. The number of amides is 1. The summed E-state index contributed by atoms with van der Waals surface area (Å²) < 4.78 is 15.6. The summed E-state index contributed by atoms with van der Waals surface area (Å²) in [5.41, 5.74) is 2.85. The van der Waals surface area contributed by atoms with E-state index in [1.54, 1.807) is 12.1 Å². The molecular formula is C24H23FN4O3. The van der Waals surface area contributed by atoms with E-state index in [0.717, 1.165) is 35.1 Å². The van der Waals surface area contributed by atoms with Gasteiger partial charge in [0.2, 0.25) is 0 Å². The van der Waals surface area contributed by atoms with Crippen LogP contribution in [0, 0.1) is 5.95 Å². The summed E-state index contributed by atoms with van der Waals surface area (Å²) >= 11 is 0. The molecule has 8 heteroatoms. The first-order valence-corrected chi connectivity index (χ1v) is 10.7. The Morgan fingerprint density at radius 1 is 1.03 bits per heavy atom. The van der Waals surface area contributed by atoms with Gasteiger partial charge in [-0.25, -0.2) is 4.68 Å². The quantitative estimate of drug-likeness (QED) is 0.671. The van der Waals surface area contributed by atoms with Crippen molar-refractivity contribution in [2.75, 3.05) is 13.6 Å². The van der Waals surface area contributed by atoms with Crippen LogP contribution in [0.3, 0.4) is 0 Å². The van der Waals surface area contributed by atoms with Gasteiger partial charge in [0, 0.05) is 19.5 Å². The van der Waals surface area contributed by atoms with E-state index < -0.39 is 29.2 Å². The van der Waals surface area contributed by atoms with Gasteiger partial charge in [-0.1, -0.05) is 48.5 Å². The van der Waals surface area contributed by atoms with Gasteiger partial charge >= 0.3 is 0 Å². The van der Waals surface area contributed by atoms with Crippen molar-refractivity contribution in [1.29, 1.82) is 0 Å². The maximum Gasteiger partial charge on any atom is 0.290 e. The lowest BCUT2D eigenvalue weighted by Gasteiger charge is -2.46. The number of aryl methyl sites for hydroxylation is 2. The smallest absolute Gasteiger partial charge is 0.290 e. The van der Waals surface area contributed by atoms with Crippen LogP contribution in [0.25, 0.3) is 0 Å². The van der Waals surface area contributed by atoms with Crippen molar-refractivity contribution in [1.82, 2.24) is 19.8 Å². The van der Waals surface area contributed by atoms with Crippen LogP contribution >= 0.6 is 0 Å². The number of nitrogens with zero attached hydrogens (tertiary/aromatic N) is 4. The summed E-state index contributed by atoms with van der Waals surface area (Å²) in [7, 11) is 1.75. The van der Waals surface area contributed by atoms with E-state index in [9.17, 15) is 19.1 Å². The van der Waals surface area contributed by atoms with E-state index in [1.165, 1.54) is 9.69 Å². The summed E-state index contributed by atoms with van der Waals surface area (Å²) in [5, 5.41) is 17.5. The molecule has 32 heavy (non-hydrogen) atoms. The molecule has 0 radical (unpaired) electrons. The highest BCUT2D eigenvalue weighted by Gasteiger charge is 2.44. The SMILES string of the molecule is CCN1C(=O)c2c(O)c(=O)c(F)nn2[C@@H](C2c3ccccc3CCc3ccccc32)N1C. The van der Waals surface area contributed by atoms with Gasteiger partial charge in [-0.15, -0.1) is 5.10 Å². The second kappa shape index (κ2) is 7.56. The number of likely N-dealkylation sites (N-methyl/N-ethyl adjacent to an activating group) is 1. The number of hydrogen-bond donors (Lipinski definition) is 1. The van der Waals surface area contributed by atoms with Crippen molar-refractivity contribution in [2.24, 2.45) is 0 Å². The van der Waals surface area contributed by atoms with E-state index in [4.69, 9.17) is 0 Å². The van der Waals surface area contributed by atoms with Gasteiger partial charge in [0.25, 0.3) is 17.3 Å². The molecule has 0 spiro atoms. The average Bonchev–Trinajstić information content (AvgIpc) is 2.95. The van der Waals surface area contributed by atoms with Crippen LogP contribution in [0.2, 0.25) is 0 Å². The van der Waals surface area contributed by atoms with Gasteiger partial charge in [0.1, 0.15) is 6.17 Å². The summed E-state index contributed by atoms with van der Waals surface area (Å²) in [5.74, 6) is -3.15. The van der Waals surface area contributed by atoms with E-state index in [2.05, 4.69) is 17.2 Å². The summed E-state index contributed by atoms with van der Waals surface area (Å²) in [4.78, 5) is 25.2. The molecule has 7 nitrogen and oxygen atoms in total. The van der Waals surface area contributed by atoms with Gasteiger partial charge in [-0.3, -0.25) is 14.6 Å². The maximum atomic E-state index is 14.5. The number of carbonyl (C=O) groups is 1. The van der Waals surface area contributed by atoms with Crippen LogP contribution in [0.4, 0.5) is 4.39 Å². The lowest BCUT2D eigenvalue weighted by Crippen LogP contribution is -2.56. The Labute approximate surface area is 184 Å². The monoisotopic (exact) mass is 434 g/mol. The highest BCUT2D eigenvalue weighted by Crippen LogP contribution is 2.45. The number of benzene rings is 2. The molecule has 3 aromatic rings. The minimum absolute atomic E-state index is 0.291. The molecule has 1 aliphatic heterocycles. The first-order valence-electron chi connectivity index (χ1n) is 10.7. The van der Waals surface area contributed by atoms with Crippen LogP contribution in [0.1, 0.15) is 51.7 Å². The average molecular weight is 434 g/mol. The highest BCUT2D eigenvalue weighted by molar-refractivity contribution is 5.95. The lowest BCUT2D eigenvalue weighted by molar-refractivity contribution is -0.0666. The fourth-order valence-corrected chi connectivity index (χ4v) is 5.07. The molecule has 5 rings (SSSR count). The standard InChI is InChI=1S/C24H23FN4O3/c1-3-28-24(32)19-20(30)21(31)22(25)26-29(19)23(27(28)2)18-16-10-6-4-8-14(16)12-13-15-9-5-7-11-17(15)18/h4-11,18,23,30H,3,12-13H2,1-2H3/t23-/m0/s1. The Balaban J connectivity index is 1.85. The van der Waals surface area contributed by atoms with Crippen molar-refractivity contribution in [2.45, 2.75) is 31.8 Å². The molecule has 1 amide bonds. The van der Waals surface area contributed by atoms with Gasteiger partial charge in [0.05, 0.1) is 0 Å². The fourth-order valence-electron chi connectivity index (χ4n) is 5.07. The number of hydrogen-bond acceptors (Lipinski definition) is 5. The second-order valence-electron chi connectivity index (χ2n) is 8.15. The molecule has 1 aliphatic carbocycles. The van der Waals surface area contributed by atoms with E-state index in [0.29, 0.717) is 6.54 Å². The van der Waals surface area contributed by atoms with Crippen molar-refractivity contribution in [3.63, 3.8) is 0 Å². The van der Waals surface area contributed by atoms with Gasteiger partial charge in [0.15, 0.2) is 11.4 Å². The largest absolute Gasteiger partial charge is 0.502 e. The Kier molecular flexibility index (Phi) is 4.82. The Hall–Kier alpha value is -3.52. The molecular weight excluding hydrogens is 411 g/mol. The topological polar surface area (TPSA) is 78.7 Å². The molecule has 2 heterocycles. The Morgan fingerprint density at radius 3 is 2.16 bits per heavy atom. The third kappa shape index (κ3) is 2.86. The summed E-state index contributed by atoms with van der Waals surface area (Å²) in [6, 6.07) is 16.2. The van der Waals surface area contributed by atoms with Gasteiger partial charge < -0.3 is 5.11 Å². The maximum absolute atomic E-state index is 14.5. The van der Waals surface area contributed by atoms with Gasteiger partial charge in [-0.2, -0.15) is 9.40 Å². The Morgan fingerprint density at radius 2 is 1.59 bits per heavy atom. The number of carbonyl (C=O) groups excluding carboxylic acids is 1. The number of aromatic hydroxyl groups is 1. The summed E-state index contributed by atoms with van der Waals surface area (Å²) in [6.45, 7) is 2.12. The molecule has 2 aromatic carbocycles. The third-order valence-electron chi connectivity index (χ3n) is 6.54. The molecule has 0 saturated carbocycles. The molecule has 0 fully saturated rings. The molecule has 164 valence electrons. The van der Waals surface area contributed by atoms with Crippen molar-refractivity contribution in [3.05, 3.63) is 92.6 Å². The van der Waals surface area contributed by atoms with E-state index >= 15 is 0 Å².